The number of esters is 1. The van der Waals surface area contributed by atoms with Crippen molar-refractivity contribution in [2.24, 2.45) is 0 Å². The number of carbonyl (C=O) groups is 4. The molecule has 59 heavy (non-hydrogen) atoms. The Balaban J connectivity index is 1.35. The van der Waals surface area contributed by atoms with Crippen molar-refractivity contribution in [3.8, 4) is 22.5 Å². The monoisotopic (exact) mass is 789 g/mol. The summed E-state index contributed by atoms with van der Waals surface area (Å²) in [7, 11) is 1.21. The minimum Gasteiger partial charge on any atom is -0.478 e. The second kappa shape index (κ2) is 15.0. The van der Waals surface area contributed by atoms with E-state index in [1.54, 1.807) is 60.7 Å². The molecular weight excluding hydrogens is 759 g/mol. The van der Waals surface area contributed by atoms with Gasteiger partial charge in [-0.05, 0) is 72.3 Å². The van der Waals surface area contributed by atoms with Crippen LogP contribution < -0.4 is 21.8 Å². The quantitative estimate of drug-likeness (QED) is 0.0426. The van der Waals surface area contributed by atoms with Gasteiger partial charge in [0.05, 0.1) is 46.2 Å². The molecule has 8 rings (SSSR count). The first-order chi connectivity index (χ1) is 28.4. The number of fused-ring (bicyclic) bond motifs is 4. The van der Waals surface area contributed by atoms with E-state index in [0.29, 0.717) is 55.3 Å². The van der Waals surface area contributed by atoms with Crippen LogP contribution in [0.2, 0.25) is 0 Å². The topological polar surface area (TPSA) is 244 Å². The van der Waals surface area contributed by atoms with Crippen LogP contribution in [0.1, 0.15) is 52.8 Å². The maximum atomic E-state index is 13.8. The number of carboxylic acids is 3. The van der Waals surface area contributed by atoms with Crippen LogP contribution in [0.15, 0.2) is 112 Å². The third-order valence-corrected chi connectivity index (χ3v) is 9.99. The van der Waals surface area contributed by atoms with E-state index in [2.05, 4.69) is 20.6 Å². The number of carboxylic acid groups (broad SMARTS) is 3. The van der Waals surface area contributed by atoms with Crippen LogP contribution in [-0.4, -0.2) is 56.3 Å². The van der Waals surface area contributed by atoms with E-state index in [1.807, 2.05) is 0 Å². The van der Waals surface area contributed by atoms with Crippen molar-refractivity contribution in [2.75, 3.05) is 23.5 Å². The Morgan fingerprint density at radius 1 is 0.695 bits per heavy atom. The molecule has 0 unspecified atom stereocenters. The minimum absolute atomic E-state index is 0.00192. The van der Waals surface area contributed by atoms with Crippen molar-refractivity contribution in [1.82, 2.24) is 9.97 Å². The second-order valence-electron chi connectivity index (χ2n) is 13.4. The number of carbonyl (C=O) groups excluding carboxylic acids is 1. The van der Waals surface area contributed by atoms with E-state index in [4.69, 9.17) is 14.9 Å². The highest BCUT2D eigenvalue weighted by atomic mass is 16.5. The molecule has 3 heterocycles. The van der Waals surface area contributed by atoms with Gasteiger partial charge >= 0.3 is 23.9 Å². The average molecular weight is 790 g/mol. The lowest BCUT2D eigenvalue weighted by Gasteiger charge is -2.22. The molecule has 292 valence electrons. The van der Waals surface area contributed by atoms with E-state index < -0.39 is 29.3 Å². The number of methoxy groups -OCH3 is 1. The minimum atomic E-state index is -1.29. The lowest BCUT2D eigenvalue weighted by molar-refractivity contribution is 0.0597. The van der Waals surface area contributed by atoms with E-state index in [-0.39, 0.29) is 63.8 Å². The number of para-hydroxylation sites is 2. The second-order valence-corrected chi connectivity index (χ2v) is 13.4. The van der Waals surface area contributed by atoms with Crippen LogP contribution in [-0.2, 0) is 17.8 Å². The molecule has 15 nitrogen and oxygen atoms in total. The number of anilines is 3. The van der Waals surface area contributed by atoms with Gasteiger partial charge in [-0.15, -0.1) is 0 Å². The van der Waals surface area contributed by atoms with Crippen LogP contribution in [0.5, 0.6) is 0 Å². The fourth-order valence-electron chi connectivity index (χ4n) is 7.13. The Morgan fingerprint density at radius 2 is 1.31 bits per heavy atom. The van der Waals surface area contributed by atoms with E-state index in [0.717, 1.165) is 0 Å². The van der Waals surface area contributed by atoms with Gasteiger partial charge in [-0.3, -0.25) is 4.79 Å². The van der Waals surface area contributed by atoms with Gasteiger partial charge in [-0.25, -0.2) is 29.1 Å². The molecule has 0 saturated carbocycles. The maximum absolute atomic E-state index is 13.8. The zero-order chi connectivity index (χ0) is 41.5. The fraction of sp³-hybridized carbons (Fsp3) is 0.0682. The van der Waals surface area contributed by atoms with Crippen LogP contribution >= 0.6 is 0 Å². The van der Waals surface area contributed by atoms with E-state index in [9.17, 15) is 39.3 Å². The van der Waals surface area contributed by atoms with E-state index in [1.165, 1.54) is 49.6 Å². The first-order valence-electron chi connectivity index (χ1n) is 17.9. The molecular formula is C44H31N5O10. The average Bonchev–Trinajstić information content (AvgIpc) is 3.24. The number of nitrogens with one attached hydrogen (secondary N) is 2. The lowest BCUT2D eigenvalue weighted by atomic mass is 9.87. The summed E-state index contributed by atoms with van der Waals surface area (Å²) in [6.07, 6.45) is 0. The summed E-state index contributed by atoms with van der Waals surface area (Å²) in [5, 5.41) is 37.9. The summed E-state index contributed by atoms with van der Waals surface area (Å²) in [6.45, 7) is -0.137. The third-order valence-electron chi connectivity index (χ3n) is 9.99. The van der Waals surface area contributed by atoms with Gasteiger partial charge in [0.15, 0.2) is 5.43 Å². The molecule has 0 amide bonds. The Morgan fingerprint density at radius 3 is 1.88 bits per heavy atom. The molecule has 7 N–H and O–H groups in total. The molecule has 0 spiro atoms. The molecule has 15 heteroatoms. The molecule has 0 bridgehead atoms. The van der Waals surface area contributed by atoms with Gasteiger partial charge in [0.1, 0.15) is 22.7 Å². The molecule has 1 aliphatic heterocycles. The number of pyridine rings is 2. The lowest BCUT2D eigenvalue weighted by Crippen LogP contribution is -2.16. The molecule has 6 aromatic rings. The first kappa shape index (κ1) is 37.6. The number of hydrogen-bond acceptors (Lipinski definition) is 12. The van der Waals surface area contributed by atoms with Crippen LogP contribution in [0.4, 0.5) is 17.1 Å². The molecule has 0 fully saturated rings. The fourth-order valence-corrected chi connectivity index (χ4v) is 7.13. The largest absolute Gasteiger partial charge is 0.478 e. The summed E-state index contributed by atoms with van der Waals surface area (Å²) >= 11 is 0. The maximum Gasteiger partial charge on any atom is 0.354 e. The molecule has 0 radical (unpaired) electrons. The Bertz CT molecular complexity index is 3110. The van der Waals surface area contributed by atoms with Gasteiger partial charge in [0.2, 0.25) is 0 Å². The Kier molecular flexibility index (Phi) is 9.53. The number of aromatic nitrogens is 2. The Labute approximate surface area is 332 Å². The van der Waals surface area contributed by atoms with Crippen LogP contribution in [0.3, 0.4) is 0 Å². The van der Waals surface area contributed by atoms with Crippen molar-refractivity contribution in [3.05, 3.63) is 147 Å². The molecule has 2 aliphatic rings. The highest BCUT2D eigenvalue weighted by Crippen LogP contribution is 2.45. The SMILES string of the molecule is COC(=O)c1ccc(C(=O)O)c(-c2c3ccc(=O)c(CNc4cccc5ccc(C(=O)O)nc45)c-3oc3c(CNc4cccc5ccc(C(=O)O)nc45)c(N)ccc23)c1. The van der Waals surface area contributed by atoms with Crippen molar-refractivity contribution in [1.29, 1.82) is 0 Å². The van der Waals surface area contributed by atoms with Crippen molar-refractivity contribution >= 4 is 73.7 Å². The van der Waals surface area contributed by atoms with Gasteiger partial charge in [0, 0.05) is 51.6 Å². The molecule has 1 aliphatic carbocycles. The van der Waals surface area contributed by atoms with Crippen LogP contribution in [0.25, 0.3) is 55.2 Å². The summed E-state index contributed by atoms with van der Waals surface area (Å²) in [5.74, 6) is -4.31. The van der Waals surface area contributed by atoms with Crippen LogP contribution in [0, 0.1) is 0 Å². The first-order valence-corrected chi connectivity index (χ1v) is 17.9. The summed E-state index contributed by atoms with van der Waals surface area (Å²) in [6, 6.07) is 26.8. The number of nitrogens with two attached hydrogens (primary N) is 1. The zero-order valence-electron chi connectivity index (χ0n) is 30.9. The predicted molar refractivity (Wildman–Crippen MR) is 219 cm³/mol. The number of nitrogen functional groups attached to an aromatic ring is 1. The van der Waals surface area contributed by atoms with Gasteiger partial charge in [-0.1, -0.05) is 36.4 Å². The number of ether oxygens (including phenoxy) is 1. The van der Waals surface area contributed by atoms with Crippen molar-refractivity contribution in [3.63, 3.8) is 0 Å². The highest BCUT2D eigenvalue weighted by molar-refractivity contribution is 6.10. The zero-order valence-corrected chi connectivity index (χ0v) is 30.9. The summed E-state index contributed by atoms with van der Waals surface area (Å²) in [4.78, 5) is 71.6. The van der Waals surface area contributed by atoms with Gasteiger partial charge in [0.25, 0.3) is 0 Å². The number of nitrogens with zero attached hydrogens (tertiary/aromatic N) is 2. The number of benzene rings is 5. The van der Waals surface area contributed by atoms with Gasteiger partial charge in [-0.2, -0.15) is 0 Å². The highest BCUT2D eigenvalue weighted by Gasteiger charge is 2.27. The van der Waals surface area contributed by atoms with Crippen molar-refractivity contribution < 1.29 is 43.7 Å². The number of hydrogen-bond donors (Lipinski definition) is 6. The predicted octanol–water partition coefficient (Wildman–Crippen LogP) is 7.35. The molecule has 2 aromatic heterocycles. The number of rotatable bonds is 11. The summed E-state index contributed by atoms with van der Waals surface area (Å²) < 4.78 is 11.7. The summed E-state index contributed by atoms with van der Waals surface area (Å²) in [5.41, 5.74) is 9.27. The van der Waals surface area contributed by atoms with Crippen molar-refractivity contribution in [2.45, 2.75) is 13.1 Å². The standard InChI is InChI=1S/C44H31N5O10/c1-58-44(57)23-8-11-24(41(51)52)27(18-23)36-25-12-14-30(45)28(19-46-31-6-2-4-21-9-15-33(42(53)54)48-37(21)31)39(25)59-40-26(36)13-17-35(50)29(40)20-47-32-7-3-5-22-10-16-34(43(55)56)49-38(22)32/h2-18,46-47H,19-20,45H2,1H3,(H,51,52)(H,53,54)(H,55,56). The molecule has 4 aromatic carbocycles. The smallest absolute Gasteiger partial charge is 0.354 e. The van der Waals surface area contributed by atoms with Gasteiger partial charge < -0.3 is 40.8 Å². The normalized spacial score (nSPS) is 11.2. The molecule has 0 atom stereocenters. The van der Waals surface area contributed by atoms with E-state index >= 15 is 0 Å². The molecule has 0 saturated heterocycles. The third kappa shape index (κ3) is 6.82. The Hall–Kier alpha value is -8.33. The number of aromatic carboxylic acids is 3.